The van der Waals surface area contributed by atoms with Crippen molar-refractivity contribution in [3.8, 4) is 0 Å². The average Bonchev–Trinajstić information content (AvgIpc) is 3.60. The van der Waals surface area contributed by atoms with E-state index in [1.807, 2.05) is 52.1 Å². The number of carbonyl (C=O) groups excluding carboxylic acids is 1. The second-order valence-corrected chi connectivity index (χ2v) is 7.33. The number of fused-ring (bicyclic) bond motifs is 1. The number of rotatable bonds is 5. The zero-order valence-corrected chi connectivity index (χ0v) is 17.6. The fraction of sp³-hybridized carbons (Fsp3) is 0.435. The summed E-state index contributed by atoms with van der Waals surface area (Å²) in [6.45, 7) is 8.00. The molecule has 3 heterocycles. The summed E-state index contributed by atoms with van der Waals surface area (Å²) in [6.07, 6.45) is 9.77. The summed E-state index contributed by atoms with van der Waals surface area (Å²) in [5.41, 5.74) is 2.94. The smallest absolute Gasteiger partial charge is 0.228 e. The summed E-state index contributed by atoms with van der Waals surface area (Å²) >= 11 is 0. The third kappa shape index (κ3) is 4.82. The highest BCUT2D eigenvalue weighted by Gasteiger charge is 2.29. The van der Waals surface area contributed by atoms with Crippen molar-refractivity contribution in [2.45, 2.75) is 59.1 Å². The minimum Gasteiger partial charge on any atom is -0.391 e. The van der Waals surface area contributed by atoms with Crippen LogP contribution < -0.4 is 10.6 Å². The Kier molecular flexibility index (Phi) is 6.64. The summed E-state index contributed by atoms with van der Waals surface area (Å²) in [5, 5.41) is 18.1. The Morgan fingerprint density at radius 3 is 2.59 bits per heavy atom. The fourth-order valence-electron chi connectivity index (χ4n) is 3.28. The Morgan fingerprint density at radius 1 is 1.24 bits per heavy atom. The van der Waals surface area contributed by atoms with Crippen molar-refractivity contribution in [3.63, 3.8) is 0 Å². The van der Waals surface area contributed by atoms with E-state index in [0.29, 0.717) is 12.2 Å². The number of hydrogen-bond donors (Lipinski definition) is 3. The summed E-state index contributed by atoms with van der Waals surface area (Å²) < 4.78 is 0. The third-order valence-corrected chi connectivity index (χ3v) is 5.19. The lowest BCUT2D eigenvalue weighted by molar-refractivity contribution is -0.117. The van der Waals surface area contributed by atoms with Gasteiger partial charge in [-0.25, -0.2) is 4.98 Å². The Morgan fingerprint density at radius 2 is 1.93 bits per heavy atom. The number of dihydropyridines is 1. The van der Waals surface area contributed by atoms with Gasteiger partial charge in [-0.2, -0.15) is 0 Å². The van der Waals surface area contributed by atoms with Crippen LogP contribution in [0.25, 0.3) is 16.3 Å². The molecule has 1 aliphatic carbocycles. The van der Waals surface area contributed by atoms with Crippen molar-refractivity contribution < 1.29 is 9.90 Å². The first-order valence-corrected chi connectivity index (χ1v) is 10.4. The number of carbonyl (C=O) groups is 1. The minimum absolute atomic E-state index is 0.0504. The van der Waals surface area contributed by atoms with Crippen LogP contribution in [0.15, 0.2) is 42.4 Å². The molecular weight excluding hydrogens is 364 g/mol. The highest BCUT2D eigenvalue weighted by Crippen LogP contribution is 2.31. The molecule has 1 saturated carbocycles. The SMILES string of the molecule is CC.CCC(O)C1C=C(C)C(c2cc3cnc(NC(=O)C4CC4)cc3cn2)=CN1. The molecule has 1 amide bonds. The first-order chi connectivity index (χ1) is 14.0. The lowest BCUT2D eigenvalue weighted by Gasteiger charge is -2.25. The molecule has 0 saturated heterocycles. The van der Waals surface area contributed by atoms with Crippen molar-refractivity contribution >= 4 is 28.1 Å². The number of hydrogen-bond acceptors (Lipinski definition) is 5. The maximum atomic E-state index is 11.9. The zero-order valence-electron chi connectivity index (χ0n) is 17.6. The molecule has 1 fully saturated rings. The Bertz CT molecular complexity index is 947. The molecule has 154 valence electrons. The molecule has 0 radical (unpaired) electrons. The average molecular weight is 395 g/mol. The summed E-state index contributed by atoms with van der Waals surface area (Å²) in [5.74, 6) is 0.771. The first kappa shape index (κ1) is 21.0. The topological polar surface area (TPSA) is 87.1 Å². The van der Waals surface area contributed by atoms with Gasteiger partial charge in [0.1, 0.15) is 5.82 Å². The van der Waals surface area contributed by atoms with Crippen LogP contribution in [0.5, 0.6) is 0 Å². The van der Waals surface area contributed by atoms with Crippen molar-refractivity contribution in [2.24, 2.45) is 5.92 Å². The summed E-state index contributed by atoms with van der Waals surface area (Å²) in [6, 6.07) is 3.78. The van der Waals surface area contributed by atoms with E-state index in [1.165, 1.54) is 0 Å². The Balaban J connectivity index is 0.00000117. The molecule has 6 heteroatoms. The minimum atomic E-state index is -0.407. The zero-order chi connectivity index (χ0) is 21.0. The number of aliphatic hydroxyl groups is 1. The van der Waals surface area contributed by atoms with Gasteiger partial charge in [0, 0.05) is 40.9 Å². The van der Waals surface area contributed by atoms with E-state index in [0.717, 1.165) is 40.5 Å². The number of anilines is 1. The lowest BCUT2D eigenvalue weighted by atomic mass is 9.95. The molecule has 0 spiro atoms. The van der Waals surface area contributed by atoms with Crippen LogP contribution in [0.2, 0.25) is 0 Å². The Hall–Kier alpha value is -2.73. The number of aliphatic hydroxyl groups excluding tert-OH is 1. The summed E-state index contributed by atoms with van der Waals surface area (Å²) in [4.78, 5) is 20.9. The van der Waals surface area contributed by atoms with E-state index >= 15 is 0 Å². The molecule has 0 bridgehead atoms. The van der Waals surface area contributed by atoms with Crippen LogP contribution in [-0.2, 0) is 4.79 Å². The van der Waals surface area contributed by atoms with E-state index in [2.05, 4.69) is 20.6 Å². The van der Waals surface area contributed by atoms with Crippen LogP contribution in [0.1, 0.15) is 52.7 Å². The maximum absolute atomic E-state index is 11.9. The van der Waals surface area contributed by atoms with Crippen LogP contribution >= 0.6 is 0 Å². The molecule has 2 aliphatic rings. The second kappa shape index (κ2) is 9.18. The molecule has 29 heavy (non-hydrogen) atoms. The Labute approximate surface area is 172 Å². The van der Waals surface area contributed by atoms with Gasteiger partial charge in [0.2, 0.25) is 5.91 Å². The monoisotopic (exact) mass is 394 g/mol. The number of nitrogens with zero attached hydrogens (tertiary/aromatic N) is 2. The van der Waals surface area contributed by atoms with Gasteiger partial charge in [-0.15, -0.1) is 0 Å². The van der Waals surface area contributed by atoms with Gasteiger partial charge in [-0.3, -0.25) is 9.78 Å². The van der Waals surface area contributed by atoms with E-state index in [1.54, 1.807) is 12.4 Å². The molecule has 6 nitrogen and oxygen atoms in total. The predicted molar refractivity (Wildman–Crippen MR) is 117 cm³/mol. The van der Waals surface area contributed by atoms with Crippen LogP contribution in [0.4, 0.5) is 5.82 Å². The molecule has 2 aromatic heterocycles. The van der Waals surface area contributed by atoms with Crippen molar-refractivity contribution in [3.05, 3.63) is 48.1 Å². The van der Waals surface area contributed by atoms with Crippen LogP contribution in [0, 0.1) is 5.92 Å². The van der Waals surface area contributed by atoms with E-state index in [-0.39, 0.29) is 17.9 Å². The largest absolute Gasteiger partial charge is 0.391 e. The van der Waals surface area contributed by atoms with E-state index < -0.39 is 6.10 Å². The second-order valence-electron chi connectivity index (χ2n) is 7.33. The molecule has 2 unspecified atom stereocenters. The highest BCUT2D eigenvalue weighted by molar-refractivity contribution is 5.95. The van der Waals surface area contributed by atoms with Gasteiger partial charge in [0.05, 0.1) is 17.8 Å². The van der Waals surface area contributed by atoms with E-state index in [4.69, 9.17) is 0 Å². The van der Waals surface area contributed by atoms with Crippen molar-refractivity contribution in [1.29, 1.82) is 0 Å². The van der Waals surface area contributed by atoms with Crippen LogP contribution in [-0.4, -0.2) is 33.1 Å². The molecule has 4 rings (SSSR count). The standard InChI is InChI=1S/C21H24N4O2.C2H6/c1-3-19(26)18-6-12(2)16(11-23-18)17-7-14-10-24-20(8-15(14)9-22-17)25-21(27)13-4-5-13;1-2/h6-11,13,18-19,23,26H,3-5H2,1-2H3,(H,24,25,27);1-2H3. The lowest BCUT2D eigenvalue weighted by Crippen LogP contribution is -2.37. The molecule has 2 atom stereocenters. The number of amides is 1. The fourth-order valence-corrected chi connectivity index (χ4v) is 3.28. The highest BCUT2D eigenvalue weighted by atomic mass is 16.3. The third-order valence-electron chi connectivity index (χ3n) is 5.19. The van der Waals surface area contributed by atoms with Gasteiger partial charge in [0.15, 0.2) is 0 Å². The number of allylic oxidation sites excluding steroid dienone is 2. The molecule has 2 aromatic rings. The maximum Gasteiger partial charge on any atom is 0.228 e. The van der Waals surface area contributed by atoms with Crippen molar-refractivity contribution in [2.75, 3.05) is 5.32 Å². The molecule has 1 aliphatic heterocycles. The number of pyridine rings is 2. The molecule has 3 N–H and O–H groups in total. The van der Waals surface area contributed by atoms with Gasteiger partial charge in [-0.05, 0) is 43.9 Å². The van der Waals surface area contributed by atoms with Crippen molar-refractivity contribution in [1.82, 2.24) is 15.3 Å². The predicted octanol–water partition coefficient (Wildman–Crippen LogP) is 4.03. The van der Waals surface area contributed by atoms with Gasteiger partial charge in [0.25, 0.3) is 0 Å². The first-order valence-electron chi connectivity index (χ1n) is 10.4. The van der Waals surface area contributed by atoms with E-state index in [9.17, 15) is 9.90 Å². The van der Waals surface area contributed by atoms with Gasteiger partial charge in [-0.1, -0.05) is 26.8 Å². The number of aromatic nitrogens is 2. The molecule has 0 aromatic carbocycles. The quantitative estimate of drug-likeness (QED) is 0.713. The van der Waals surface area contributed by atoms with Crippen LogP contribution in [0.3, 0.4) is 0 Å². The number of nitrogens with one attached hydrogen (secondary N) is 2. The van der Waals surface area contributed by atoms with Gasteiger partial charge < -0.3 is 15.7 Å². The summed E-state index contributed by atoms with van der Waals surface area (Å²) in [7, 11) is 0. The van der Waals surface area contributed by atoms with Gasteiger partial charge >= 0.3 is 0 Å². The molecular formula is C23H30N4O2. The normalized spacial score (nSPS) is 19.3.